The van der Waals surface area contributed by atoms with E-state index in [-0.39, 0.29) is 18.5 Å². The largest absolute Gasteiger partial charge is 0.465 e. The summed E-state index contributed by atoms with van der Waals surface area (Å²) in [5.74, 6) is -0.573. The Hall–Kier alpha value is -1.88. The van der Waals surface area contributed by atoms with Crippen LogP contribution in [0.5, 0.6) is 0 Å². The summed E-state index contributed by atoms with van der Waals surface area (Å²) in [5, 5.41) is 0. The Morgan fingerprint density at radius 3 is 2.30 bits per heavy atom. The first-order valence-electron chi connectivity index (χ1n) is 6.65. The molecule has 5 heteroatoms. The van der Waals surface area contributed by atoms with E-state index in [0.29, 0.717) is 18.7 Å². The van der Waals surface area contributed by atoms with Gasteiger partial charge in [-0.1, -0.05) is 19.1 Å². The van der Waals surface area contributed by atoms with E-state index in [4.69, 9.17) is 4.74 Å². The highest BCUT2D eigenvalue weighted by Gasteiger charge is 2.11. The van der Waals surface area contributed by atoms with Crippen molar-refractivity contribution in [1.82, 2.24) is 4.90 Å². The topological polar surface area (TPSA) is 55.8 Å². The number of hydrogen-bond donors (Lipinski definition) is 0. The minimum Gasteiger partial charge on any atom is -0.465 e. The maximum atomic E-state index is 11.5. The molecule has 0 amide bonds. The molecule has 0 radical (unpaired) electrons. The van der Waals surface area contributed by atoms with E-state index in [1.54, 1.807) is 19.1 Å². The number of nitrogens with zero attached hydrogens (tertiary/aromatic N) is 1. The maximum absolute atomic E-state index is 11.5. The highest BCUT2D eigenvalue weighted by molar-refractivity contribution is 5.89. The average Bonchev–Trinajstić information content (AvgIpc) is 2.46. The lowest BCUT2D eigenvalue weighted by molar-refractivity contribution is -0.144. The summed E-state index contributed by atoms with van der Waals surface area (Å²) in [7, 11) is 1.36. The molecule has 0 N–H and O–H groups in total. The lowest BCUT2D eigenvalue weighted by Gasteiger charge is -2.19. The Labute approximate surface area is 119 Å². The number of methoxy groups -OCH3 is 1. The molecule has 0 aliphatic carbocycles. The summed E-state index contributed by atoms with van der Waals surface area (Å²) in [5.41, 5.74) is 1.55. The van der Waals surface area contributed by atoms with Gasteiger partial charge in [0.25, 0.3) is 0 Å². The molecule has 0 saturated heterocycles. The van der Waals surface area contributed by atoms with Crippen LogP contribution in [0.15, 0.2) is 24.3 Å². The second kappa shape index (κ2) is 8.32. The van der Waals surface area contributed by atoms with Gasteiger partial charge in [-0.2, -0.15) is 0 Å². The van der Waals surface area contributed by atoms with Gasteiger partial charge in [0.05, 0.1) is 25.8 Å². The highest BCUT2D eigenvalue weighted by Crippen LogP contribution is 2.08. The van der Waals surface area contributed by atoms with Gasteiger partial charge in [0.15, 0.2) is 0 Å². The molecule has 110 valence electrons. The van der Waals surface area contributed by atoms with E-state index in [1.165, 1.54) is 7.11 Å². The molecule has 1 aromatic carbocycles. The van der Waals surface area contributed by atoms with Gasteiger partial charge in [0.2, 0.25) is 0 Å². The zero-order chi connectivity index (χ0) is 15.0. The fraction of sp³-hybridized carbons (Fsp3) is 0.467. The maximum Gasteiger partial charge on any atom is 0.337 e. The number of rotatable bonds is 7. The minimum atomic E-state index is -0.351. The monoisotopic (exact) mass is 279 g/mol. The Morgan fingerprint density at radius 2 is 1.80 bits per heavy atom. The molecule has 0 aliphatic rings. The zero-order valence-corrected chi connectivity index (χ0v) is 12.2. The molecule has 0 atom stereocenters. The second-order valence-corrected chi connectivity index (χ2v) is 4.30. The van der Waals surface area contributed by atoms with Crippen LogP contribution in [0.3, 0.4) is 0 Å². The molecule has 20 heavy (non-hydrogen) atoms. The van der Waals surface area contributed by atoms with Crippen LogP contribution in [0.25, 0.3) is 0 Å². The Bertz CT molecular complexity index is 442. The van der Waals surface area contributed by atoms with E-state index < -0.39 is 0 Å². The van der Waals surface area contributed by atoms with Crippen molar-refractivity contribution >= 4 is 11.9 Å². The summed E-state index contributed by atoms with van der Waals surface area (Å²) < 4.78 is 9.58. The number of benzene rings is 1. The van der Waals surface area contributed by atoms with Crippen LogP contribution in [0.2, 0.25) is 0 Å². The van der Waals surface area contributed by atoms with Crippen LogP contribution >= 0.6 is 0 Å². The summed E-state index contributed by atoms with van der Waals surface area (Å²) in [6.45, 7) is 5.82. The van der Waals surface area contributed by atoms with Gasteiger partial charge < -0.3 is 9.47 Å². The normalized spacial score (nSPS) is 10.4. The predicted octanol–water partition coefficient (Wildman–Crippen LogP) is 1.86. The van der Waals surface area contributed by atoms with Gasteiger partial charge in [-0.15, -0.1) is 0 Å². The Kier molecular flexibility index (Phi) is 6.73. The van der Waals surface area contributed by atoms with Gasteiger partial charge >= 0.3 is 11.9 Å². The molecule has 0 bridgehead atoms. The van der Waals surface area contributed by atoms with Crippen LogP contribution in [-0.2, 0) is 20.8 Å². The number of esters is 2. The number of ether oxygens (including phenoxy) is 2. The highest BCUT2D eigenvalue weighted by atomic mass is 16.5. The standard InChI is InChI=1S/C15H21NO4/c1-4-16(11-14(17)20-5-2)10-12-6-8-13(9-7-12)15(18)19-3/h6-9H,4-5,10-11H2,1-3H3. The summed E-state index contributed by atoms with van der Waals surface area (Å²) in [6.07, 6.45) is 0. The van der Waals surface area contributed by atoms with Crippen molar-refractivity contribution in [2.45, 2.75) is 20.4 Å². The lowest BCUT2D eigenvalue weighted by Crippen LogP contribution is -2.30. The number of carbonyl (C=O) groups excluding carboxylic acids is 2. The third-order valence-electron chi connectivity index (χ3n) is 2.89. The smallest absolute Gasteiger partial charge is 0.337 e. The van der Waals surface area contributed by atoms with Crippen LogP contribution in [-0.4, -0.2) is 43.6 Å². The summed E-state index contributed by atoms with van der Waals surface area (Å²) >= 11 is 0. The van der Waals surface area contributed by atoms with E-state index in [2.05, 4.69) is 4.74 Å². The third kappa shape index (κ3) is 5.01. The van der Waals surface area contributed by atoms with Crippen molar-refractivity contribution in [3.05, 3.63) is 35.4 Å². The molecule has 0 aromatic heterocycles. The first kappa shape index (κ1) is 16.2. The second-order valence-electron chi connectivity index (χ2n) is 4.30. The fourth-order valence-corrected chi connectivity index (χ4v) is 1.79. The molecule has 0 fully saturated rings. The molecular formula is C15H21NO4. The van der Waals surface area contributed by atoms with E-state index in [1.807, 2.05) is 24.0 Å². The molecule has 0 aliphatic heterocycles. The van der Waals surface area contributed by atoms with Crippen molar-refractivity contribution < 1.29 is 19.1 Å². The van der Waals surface area contributed by atoms with Crippen molar-refractivity contribution in [2.75, 3.05) is 26.8 Å². The molecule has 1 rings (SSSR count). The summed E-state index contributed by atoms with van der Waals surface area (Å²) in [6, 6.07) is 7.17. The van der Waals surface area contributed by atoms with Gasteiger partial charge in [-0.05, 0) is 31.2 Å². The first-order valence-corrected chi connectivity index (χ1v) is 6.65. The SMILES string of the molecule is CCOC(=O)CN(CC)Cc1ccc(C(=O)OC)cc1. The van der Waals surface area contributed by atoms with Crippen LogP contribution in [0.4, 0.5) is 0 Å². The van der Waals surface area contributed by atoms with E-state index in [9.17, 15) is 9.59 Å². The Balaban J connectivity index is 2.61. The van der Waals surface area contributed by atoms with Gasteiger partial charge in [-0.3, -0.25) is 9.69 Å². The number of carbonyl (C=O) groups is 2. The lowest BCUT2D eigenvalue weighted by atomic mass is 10.1. The van der Waals surface area contributed by atoms with Crippen molar-refractivity contribution in [3.63, 3.8) is 0 Å². The molecular weight excluding hydrogens is 258 g/mol. The van der Waals surface area contributed by atoms with Gasteiger partial charge in [-0.25, -0.2) is 4.79 Å². The van der Waals surface area contributed by atoms with Crippen LogP contribution < -0.4 is 0 Å². The van der Waals surface area contributed by atoms with E-state index >= 15 is 0 Å². The quantitative estimate of drug-likeness (QED) is 0.713. The summed E-state index contributed by atoms with van der Waals surface area (Å²) in [4.78, 5) is 24.8. The first-order chi connectivity index (χ1) is 9.60. The number of likely N-dealkylation sites (N-methyl/N-ethyl adjacent to an activating group) is 1. The van der Waals surface area contributed by atoms with Crippen molar-refractivity contribution in [3.8, 4) is 0 Å². The molecule has 0 unspecified atom stereocenters. The van der Waals surface area contributed by atoms with E-state index in [0.717, 1.165) is 12.1 Å². The fourth-order valence-electron chi connectivity index (χ4n) is 1.79. The third-order valence-corrected chi connectivity index (χ3v) is 2.89. The molecule has 5 nitrogen and oxygen atoms in total. The number of hydrogen-bond acceptors (Lipinski definition) is 5. The predicted molar refractivity (Wildman–Crippen MR) is 75.4 cm³/mol. The molecule has 1 aromatic rings. The zero-order valence-electron chi connectivity index (χ0n) is 12.2. The molecule has 0 spiro atoms. The molecule has 0 heterocycles. The Morgan fingerprint density at radius 1 is 1.15 bits per heavy atom. The van der Waals surface area contributed by atoms with Crippen molar-refractivity contribution in [1.29, 1.82) is 0 Å². The van der Waals surface area contributed by atoms with Gasteiger partial charge in [0.1, 0.15) is 0 Å². The molecule has 0 saturated carbocycles. The van der Waals surface area contributed by atoms with Crippen LogP contribution in [0, 0.1) is 0 Å². The average molecular weight is 279 g/mol. The van der Waals surface area contributed by atoms with Crippen molar-refractivity contribution in [2.24, 2.45) is 0 Å². The van der Waals surface area contributed by atoms with Crippen LogP contribution in [0.1, 0.15) is 29.8 Å². The minimum absolute atomic E-state index is 0.222. The van der Waals surface area contributed by atoms with Gasteiger partial charge in [0, 0.05) is 6.54 Å².